The largest absolute Gasteiger partial charge is 0.343 e. The molecular formula is C14H21NO2. The van der Waals surface area contributed by atoms with E-state index in [9.17, 15) is 9.59 Å². The van der Waals surface area contributed by atoms with Crippen molar-refractivity contribution >= 4 is 11.7 Å². The van der Waals surface area contributed by atoms with E-state index in [-0.39, 0.29) is 5.91 Å². The molecule has 0 radical (unpaired) electrons. The van der Waals surface area contributed by atoms with Crippen molar-refractivity contribution in [3.05, 3.63) is 11.6 Å². The fraction of sp³-hybridized carbons (Fsp3) is 0.714. The molecule has 0 unspecified atom stereocenters. The number of hydrogen-bond acceptors (Lipinski definition) is 2. The van der Waals surface area contributed by atoms with E-state index in [0.717, 1.165) is 44.3 Å². The summed E-state index contributed by atoms with van der Waals surface area (Å²) >= 11 is 0. The van der Waals surface area contributed by atoms with E-state index in [1.54, 1.807) is 0 Å². The highest BCUT2D eigenvalue weighted by Gasteiger charge is 2.21. The van der Waals surface area contributed by atoms with Crippen LogP contribution in [0.3, 0.4) is 0 Å². The molecule has 0 N–H and O–H groups in total. The van der Waals surface area contributed by atoms with Crippen molar-refractivity contribution in [3.8, 4) is 0 Å². The SMILES string of the molecule is C[C@@H]1CC=C(CCCN2CCCC2=O)C(=O)C1. The lowest BCUT2D eigenvalue weighted by molar-refractivity contribution is -0.127. The molecule has 0 aromatic rings. The molecule has 1 fully saturated rings. The lowest BCUT2D eigenvalue weighted by atomic mass is 9.88. The Morgan fingerprint density at radius 3 is 2.88 bits per heavy atom. The Kier molecular flexibility index (Phi) is 3.97. The minimum absolute atomic E-state index is 0.280. The minimum Gasteiger partial charge on any atom is -0.343 e. The first-order valence-corrected chi connectivity index (χ1v) is 6.67. The van der Waals surface area contributed by atoms with Crippen LogP contribution >= 0.6 is 0 Å². The second-order valence-corrected chi connectivity index (χ2v) is 5.29. The lowest BCUT2D eigenvalue weighted by Gasteiger charge is -2.19. The molecule has 3 nitrogen and oxygen atoms in total. The summed E-state index contributed by atoms with van der Waals surface area (Å²) in [6.45, 7) is 3.84. The van der Waals surface area contributed by atoms with Gasteiger partial charge in [-0.25, -0.2) is 0 Å². The number of ketones is 1. The van der Waals surface area contributed by atoms with Crippen LogP contribution < -0.4 is 0 Å². The third kappa shape index (κ3) is 3.18. The van der Waals surface area contributed by atoms with Crippen LogP contribution in [0.25, 0.3) is 0 Å². The van der Waals surface area contributed by atoms with Crippen LogP contribution in [0, 0.1) is 5.92 Å². The minimum atomic E-state index is 0.280. The lowest BCUT2D eigenvalue weighted by Crippen LogP contribution is -2.26. The average molecular weight is 235 g/mol. The highest BCUT2D eigenvalue weighted by atomic mass is 16.2. The van der Waals surface area contributed by atoms with E-state index in [2.05, 4.69) is 13.0 Å². The van der Waals surface area contributed by atoms with Crippen LogP contribution in [0.2, 0.25) is 0 Å². The molecule has 1 aliphatic carbocycles. The van der Waals surface area contributed by atoms with Crippen molar-refractivity contribution in [3.63, 3.8) is 0 Å². The second kappa shape index (κ2) is 5.48. The maximum Gasteiger partial charge on any atom is 0.222 e. The van der Waals surface area contributed by atoms with Gasteiger partial charge >= 0.3 is 0 Å². The van der Waals surface area contributed by atoms with Gasteiger partial charge in [0.2, 0.25) is 5.91 Å². The molecule has 0 aromatic carbocycles. The highest BCUT2D eigenvalue weighted by molar-refractivity contribution is 5.96. The summed E-state index contributed by atoms with van der Waals surface area (Å²) in [5.74, 6) is 1.10. The molecule has 1 atom stereocenters. The molecule has 0 saturated carbocycles. The van der Waals surface area contributed by atoms with E-state index in [0.29, 0.717) is 24.5 Å². The van der Waals surface area contributed by atoms with Crippen molar-refractivity contribution in [1.29, 1.82) is 0 Å². The smallest absolute Gasteiger partial charge is 0.222 e. The van der Waals surface area contributed by atoms with E-state index in [1.807, 2.05) is 4.90 Å². The Morgan fingerprint density at radius 2 is 2.24 bits per heavy atom. The molecule has 3 heteroatoms. The Hall–Kier alpha value is -1.12. The van der Waals surface area contributed by atoms with E-state index in [4.69, 9.17) is 0 Å². The van der Waals surface area contributed by atoms with E-state index < -0.39 is 0 Å². The second-order valence-electron chi connectivity index (χ2n) is 5.29. The zero-order valence-electron chi connectivity index (χ0n) is 10.6. The number of carbonyl (C=O) groups is 2. The standard InChI is InChI=1S/C14H21NO2/c1-11-6-7-12(13(16)10-11)4-2-8-15-9-3-5-14(15)17/h7,11H,2-6,8-10H2,1H3/t11-/m1/s1. The molecule has 0 bridgehead atoms. The summed E-state index contributed by atoms with van der Waals surface area (Å²) < 4.78 is 0. The first-order valence-electron chi connectivity index (χ1n) is 6.67. The highest BCUT2D eigenvalue weighted by Crippen LogP contribution is 2.23. The van der Waals surface area contributed by atoms with Crippen LogP contribution in [0.1, 0.15) is 45.4 Å². The van der Waals surface area contributed by atoms with Crippen LogP contribution in [-0.2, 0) is 9.59 Å². The number of nitrogens with zero attached hydrogens (tertiary/aromatic N) is 1. The predicted octanol–water partition coefficient (Wildman–Crippen LogP) is 2.31. The molecule has 0 aromatic heterocycles. The third-order valence-corrected chi connectivity index (χ3v) is 3.70. The van der Waals surface area contributed by atoms with Gasteiger partial charge in [-0.2, -0.15) is 0 Å². The zero-order valence-corrected chi connectivity index (χ0v) is 10.6. The number of likely N-dealkylation sites (tertiary alicyclic amines) is 1. The summed E-state index contributed by atoms with van der Waals surface area (Å²) in [7, 11) is 0. The van der Waals surface area contributed by atoms with E-state index in [1.165, 1.54) is 0 Å². The molecule has 1 aliphatic heterocycles. The maximum atomic E-state index is 11.7. The van der Waals surface area contributed by atoms with Crippen molar-refractivity contribution in [2.45, 2.75) is 45.4 Å². The van der Waals surface area contributed by atoms with Gasteiger partial charge in [-0.3, -0.25) is 9.59 Å². The topological polar surface area (TPSA) is 37.4 Å². The van der Waals surface area contributed by atoms with Gasteiger partial charge in [0.15, 0.2) is 5.78 Å². The number of amides is 1. The first kappa shape index (κ1) is 12.3. The fourth-order valence-corrected chi connectivity index (χ4v) is 2.63. The van der Waals surface area contributed by atoms with Gasteiger partial charge in [0, 0.05) is 25.9 Å². The zero-order chi connectivity index (χ0) is 12.3. The first-order chi connectivity index (χ1) is 8.16. The summed E-state index contributed by atoms with van der Waals surface area (Å²) in [6.07, 6.45) is 7.31. The Labute approximate surface area is 103 Å². The molecular weight excluding hydrogens is 214 g/mol. The van der Waals surface area contributed by atoms with Gasteiger partial charge in [0.25, 0.3) is 0 Å². The van der Waals surface area contributed by atoms with Crippen LogP contribution in [0.4, 0.5) is 0 Å². The van der Waals surface area contributed by atoms with Crippen LogP contribution in [0.15, 0.2) is 11.6 Å². The van der Waals surface area contributed by atoms with Crippen molar-refractivity contribution in [2.75, 3.05) is 13.1 Å². The van der Waals surface area contributed by atoms with Crippen molar-refractivity contribution in [2.24, 2.45) is 5.92 Å². The molecule has 1 amide bonds. The van der Waals surface area contributed by atoms with Crippen LogP contribution in [0.5, 0.6) is 0 Å². The number of rotatable bonds is 4. The molecule has 1 heterocycles. The number of hydrogen-bond donors (Lipinski definition) is 0. The molecule has 94 valence electrons. The number of allylic oxidation sites excluding steroid dienone is 2. The Morgan fingerprint density at radius 1 is 1.41 bits per heavy atom. The third-order valence-electron chi connectivity index (χ3n) is 3.70. The fourth-order valence-electron chi connectivity index (χ4n) is 2.63. The molecule has 2 aliphatic rings. The molecule has 1 saturated heterocycles. The van der Waals surface area contributed by atoms with Gasteiger partial charge in [-0.1, -0.05) is 13.0 Å². The van der Waals surface area contributed by atoms with Crippen molar-refractivity contribution < 1.29 is 9.59 Å². The van der Waals surface area contributed by atoms with Gasteiger partial charge in [-0.05, 0) is 37.2 Å². The maximum absolute atomic E-state index is 11.7. The quantitative estimate of drug-likeness (QED) is 0.750. The normalized spacial score (nSPS) is 25.4. The summed E-state index contributed by atoms with van der Waals surface area (Å²) in [5.41, 5.74) is 0.995. The van der Waals surface area contributed by atoms with Gasteiger partial charge in [0.05, 0.1) is 0 Å². The number of Topliss-reactive ketones (excluding diaryl/α,β-unsaturated/α-hetero) is 1. The Bertz CT molecular complexity index is 346. The van der Waals surface area contributed by atoms with Crippen molar-refractivity contribution in [1.82, 2.24) is 4.90 Å². The summed E-state index contributed by atoms with van der Waals surface area (Å²) in [5, 5.41) is 0. The predicted molar refractivity (Wildman–Crippen MR) is 66.5 cm³/mol. The summed E-state index contributed by atoms with van der Waals surface area (Å²) in [4.78, 5) is 25.1. The van der Waals surface area contributed by atoms with Gasteiger partial charge in [-0.15, -0.1) is 0 Å². The monoisotopic (exact) mass is 235 g/mol. The van der Waals surface area contributed by atoms with Gasteiger partial charge < -0.3 is 4.90 Å². The average Bonchev–Trinajstić information content (AvgIpc) is 2.68. The van der Waals surface area contributed by atoms with Crippen LogP contribution in [-0.4, -0.2) is 29.7 Å². The Balaban J connectivity index is 1.75. The molecule has 17 heavy (non-hydrogen) atoms. The molecule has 2 rings (SSSR count). The van der Waals surface area contributed by atoms with E-state index >= 15 is 0 Å². The molecule has 0 spiro atoms. The van der Waals surface area contributed by atoms with Gasteiger partial charge in [0.1, 0.15) is 0 Å². The number of carbonyl (C=O) groups excluding carboxylic acids is 2. The summed E-state index contributed by atoms with van der Waals surface area (Å²) in [6, 6.07) is 0.